The molecule has 0 spiro atoms. The van der Waals surface area contributed by atoms with Crippen molar-refractivity contribution in [2.75, 3.05) is 12.4 Å². The van der Waals surface area contributed by atoms with E-state index in [1.54, 1.807) is 0 Å². The van der Waals surface area contributed by atoms with Crippen LogP contribution in [0.2, 0.25) is 0 Å². The first-order valence-corrected chi connectivity index (χ1v) is 5.44. The molecule has 1 aliphatic heterocycles. The number of piperidine rings is 1. The lowest BCUT2D eigenvalue weighted by Gasteiger charge is -2.46. The predicted octanol–water partition coefficient (Wildman–Crippen LogP) is 2.88. The zero-order valence-electron chi connectivity index (χ0n) is 8.44. The Labute approximate surface area is 81.1 Å². The van der Waals surface area contributed by atoms with Gasteiger partial charge in [0.15, 0.2) is 0 Å². The van der Waals surface area contributed by atoms with Crippen molar-refractivity contribution in [1.29, 1.82) is 0 Å². The summed E-state index contributed by atoms with van der Waals surface area (Å²) in [6.45, 7) is 8.01. The average Bonchev–Trinajstić information content (AvgIpc) is 1.97. The minimum Gasteiger partial charge on any atom is -0.294 e. The van der Waals surface area contributed by atoms with Gasteiger partial charge < -0.3 is 0 Å². The van der Waals surface area contributed by atoms with Gasteiger partial charge in [-0.25, -0.2) is 0 Å². The molecular weight excluding hydrogens is 170 g/mol. The summed E-state index contributed by atoms with van der Waals surface area (Å²) in [4.78, 5) is 2.55. The quantitative estimate of drug-likeness (QED) is 0.604. The molecule has 1 atom stereocenters. The van der Waals surface area contributed by atoms with Crippen LogP contribution in [0.25, 0.3) is 0 Å². The molecule has 1 rings (SSSR count). The maximum atomic E-state index is 5.79. The monoisotopic (exact) mass is 189 g/mol. The lowest BCUT2D eigenvalue weighted by atomic mass is 9.87. The van der Waals surface area contributed by atoms with Crippen LogP contribution in [-0.4, -0.2) is 28.9 Å². The van der Waals surface area contributed by atoms with Crippen LogP contribution in [0.1, 0.15) is 40.0 Å². The zero-order valence-corrected chi connectivity index (χ0v) is 9.19. The third-order valence-electron chi connectivity index (χ3n) is 3.05. The van der Waals surface area contributed by atoms with Crippen molar-refractivity contribution >= 4 is 11.6 Å². The molecule has 0 amide bonds. The SMILES string of the molecule is CC1CCCC(C)(C)N1CCCl. The van der Waals surface area contributed by atoms with Crippen LogP contribution in [0.5, 0.6) is 0 Å². The molecule has 0 saturated carbocycles. The van der Waals surface area contributed by atoms with Gasteiger partial charge in [0.1, 0.15) is 0 Å². The number of halogens is 1. The molecule has 0 N–H and O–H groups in total. The first kappa shape index (κ1) is 10.3. The smallest absolute Gasteiger partial charge is 0.0351 e. The second kappa shape index (κ2) is 3.97. The zero-order chi connectivity index (χ0) is 9.19. The van der Waals surface area contributed by atoms with Crippen LogP contribution in [0.3, 0.4) is 0 Å². The van der Waals surface area contributed by atoms with E-state index in [1.807, 2.05) is 0 Å². The van der Waals surface area contributed by atoms with Crippen LogP contribution in [0.15, 0.2) is 0 Å². The lowest BCUT2D eigenvalue weighted by molar-refractivity contribution is 0.0381. The van der Waals surface area contributed by atoms with E-state index in [0.717, 1.165) is 12.4 Å². The number of nitrogens with zero attached hydrogens (tertiary/aromatic N) is 1. The van der Waals surface area contributed by atoms with Gasteiger partial charge in [0.05, 0.1) is 0 Å². The molecule has 1 heterocycles. The summed E-state index contributed by atoms with van der Waals surface area (Å²) in [7, 11) is 0. The van der Waals surface area contributed by atoms with Crippen LogP contribution in [-0.2, 0) is 0 Å². The number of hydrogen-bond donors (Lipinski definition) is 0. The summed E-state index contributed by atoms with van der Waals surface area (Å²) in [5.74, 6) is 0.758. The van der Waals surface area contributed by atoms with Crippen molar-refractivity contribution in [3.63, 3.8) is 0 Å². The van der Waals surface area contributed by atoms with Gasteiger partial charge in [-0.2, -0.15) is 0 Å². The topological polar surface area (TPSA) is 3.24 Å². The predicted molar refractivity (Wildman–Crippen MR) is 54.8 cm³/mol. The molecule has 1 unspecified atom stereocenters. The maximum absolute atomic E-state index is 5.79. The second-order valence-electron chi connectivity index (χ2n) is 4.44. The summed E-state index contributed by atoms with van der Waals surface area (Å²) in [5.41, 5.74) is 0.368. The number of alkyl halides is 1. The second-order valence-corrected chi connectivity index (χ2v) is 4.81. The molecule has 1 nitrogen and oxygen atoms in total. The molecular formula is C10H20ClN. The summed E-state index contributed by atoms with van der Waals surface area (Å²) < 4.78 is 0. The van der Waals surface area contributed by atoms with E-state index in [1.165, 1.54) is 19.3 Å². The standard InChI is InChI=1S/C10H20ClN/c1-9-5-4-6-10(2,3)12(9)8-7-11/h9H,4-8H2,1-3H3. The molecule has 1 saturated heterocycles. The van der Waals surface area contributed by atoms with Crippen molar-refractivity contribution in [3.8, 4) is 0 Å². The fraction of sp³-hybridized carbons (Fsp3) is 1.00. The molecule has 2 heteroatoms. The van der Waals surface area contributed by atoms with Crippen LogP contribution in [0, 0.1) is 0 Å². The van der Waals surface area contributed by atoms with Gasteiger partial charge in [0.2, 0.25) is 0 Å². The highest BCUT2D eigenvalue weighted by Gasteiger charge is 2.33. The Kier molecular flexibility index (Phi) is 3.42. The van der Waals surface area contributed by atoms with E-state index in [-0.39, 0.29) is 0 Å². The van der Waals surface area contributed by atoms with Gasteiger partial charge in [-0.3, -0.25) is 4.90 Å². The molecule has 12 heavy (non-hydrogen) atoms. The summed E-state index contributed by atoms with van der Waals surface area (Å²) in [6, 6.07) is 0.715. The first-order valence-electron chi connectivity index (χ1n) is 4.90. The Balaban J connectivity index is 2.60. The van der Waals surface area contributed by atoms with Gasteiger partial charge >= 0.3 is 0 Å². The van der Waals surface area contributed by atoms with Gasteiger partial charge in [-0.15, -0.1) is 11.6 Å². The van der Waals surface area contributed by atoms with Crippen molar-refractivity contribution in [2.45, 2.75) is 51.6 Å². The maximum Gasteiger partial charge on any atom is 0.0351 e. The Bertz CT molecular complexity index is 145. The fourth-order valence-corrected chi connectivity index (χ4v) is 2.52. The van der Waals surface area contributed by atoms with Gasteiger partial charge in [-0.05, 0) is 33.6 Å². The number of likely N-dealkylation sites (tertiary alicyclic amines) is 1. The highest BCUT2D eigenvalue weighted by atomic mass is 35.5. The Hall–Kier alpha value is 0.250. The molecule has 0 aromatic carbocycles. The third-order valence-corrected chi connectivity index (χ3v) is 3.21. The van der Waals surface area contributed by atoms with E-state index < -0.39 is 0 Å². The summed E-state index contributed by atoms with van der Waals surface area (Å²) in [5, 5.41) is 0. The number of hydrogen-bond acceptors (Lipinski definition) is 1. The molecule has 0 aromatic heterocycles. The molecule has 0 radical (unpaired) electrons. The highest BCUT2D eigenvalue weighted by molar-refractivity contribution is 6.18. The minimum atomic E-state index is 0.368. The largest absolute Gasteiger partial charge is 0.294 e. The van der Waals surface area contributed by atoms with E-state index in [4.69, 9.17) is 11.6 Å². The van der Waals surface area contributed by atoms with Gasteiger partial charge in [0, 0.05) is 24.0 Å². The average molecular weight is 190 g/mol. The molecule has 0 aliphatic carbocycles. The minimum absolute atomic E-state index is 0.368. The third kappa shape index (κ3) is 2.14. The van der Waals surface area contributed by atoms with E-state index in [0.29, 0.717) is 11.6 Å². The van der Waals surface area contributed by atoms with Gasteiger partial charge in [-0.1, -0.05) is 6.42 Å². The van der Waals surface area contributed by atoms with Crippen LogP contribution < -0.4 is 0 Å². The molecule has 72 valence electrons. The van der Waals surface area contributed by atoms with Crippen LogP contribution in [0.4, 0.5) is 0 Å². The van der Waals surface area contributed by atoms with E-state index in [2.05, 4.69) is 25.7 Å². The van der Waals surface area contributed by atoms with E-state index in [9.17, 15) is 0 Å². The molecule has 1 fully saturated rings. The van der Waals surface area contributed by atoms with Crippen molar-refractivity contribution in [2.24, 2.45) is 0 Å². The molecule has 1 aliphatic rings. The summed E-state index contributed by atoms with van der Waals surface area (Å²) in [6.07, 6.45) is 4.02. The summed E-state index contributed by atoms with van der Waals surface area (Å²) >= 11 is 5.79. The molecule has 0 aromatic rings. The Morgan fingerprint density at radius 1 is 1.50 bits per heavy atom. The Morgan fingerprint density at radius 2 is 2.17 bits per heavy atom. The van der Waals surface area contributed by atoms with Crippen molar-refractivity contribution in [3.05, 3.63) is 0 Å². The highest BCUT2D eigenvalue weighted by Crippen LogP contribution is 2.30. The van der Waals surface area contributed by atoms with E-state index >= 15 is 0 Å². The molecule has 0 bridgehead atoms. The first-order chi connectivity index (χ1) is 5.58. The van der Waals surface area contributed by atoms with Crippen molar-refractivity contribution in [1.82, 2.24) is 4.90 Å². The van der Waals surface area contributed by atoms with Crippen LogP contribution >= 0.6 is 11.6 Å². The Morgan fingerprint density at radius 3 is 2.67 bits per heavy atom. The fourth-order valence-electron chi connectivity index (χ4n) is 2.34. The normalized spacial score (nSPS) is 30.5. The lowest BCUT2D eigenvalue weighted by Crippen LogP contribution is -2.52. The van der Waals surface area contributed by atoms with Crippen molar-refractivity contribution < 1.29 is 0 Å². The number of rotatable bonds is 2. The van der Waals surface area contributed by atoms with Gasteiger partial charge in [0.25, 0.3) is 0 Å².